The lowest BCUT2D eigenvalue weighted by atomic mass is 10.2. The smallest absolute Gasteiger partial charge is 0.261 e. The first-order valence-electron chi connectivity index (χ1n) is 5.83. The van der Waals surface area contributed by atoms with Crippen molar-refractivity contribution in [3.63, 3.8) is 0 Å². The lowest BCUT2D eigenvalue weighted by molar-refractivity contribution is 0.585. The summed E-state index contributed by atoms with van der Waals surface area (Å²) in [5.74, 6) is 0. The molecule has 1 aromatic carbocycles. The third-order valence-electron chi connectivity index (χ3n) is 2.47. The molecule has 0 bridgehead atoms. The molecule has 0 aliphatic heterocycles. The Bertz CT molecular complexity index is 463. The fraction of sp³-hybridized carbons (Fsp3) is 0.385. The quantitative estimate of drug-likeness (QED) is 0.847. The largest absolute Gasteiger partial charge is 0.284 e. The standard InChI is InChI=1S/C13H19NO2S/c1-3-5-9-12(4-2)14-17(15,16)13-10-7-6-8-11-13/h4,6-8,10-11,14H,3,5,9H2,1-2H3. The summed E-state index contributed by atoms with van der Waals surface area (Å²) in [7, 11) is -3.42. The molecule has 0 saturated carbocycles. The Labute approximate surface area is 104 Å². The van der Waals surface area contributed by atoms with Crippen molar-refractivity contribution in [2.24, 2.45) is 0 Å². The average Bonchev–Trinajstić information content (AvgIpc) is 2.35. The van der Waals surface area contributed by atoms with Crippen LogP contribution in [0.2, 0.25) is 0 Å². The number of nitrogens with one attached hydrogen (secondary N) is 1. The van der Waals surface area contributed by atoms with Gasteiger partial charge in [-0.25, -0.2) is 8.42 Å². The summed E-state index contributed by atoms with van der Waals surface area (Å²) >= 11 is 0. The number of unbranched alkanes of at least 4 members (excludes halogenated alkanes) is 1. The van der Waals surface area contributed by atoms with E-state index in [0.717, 1.165) is 25.0 Å². The summed E-state index contributed by atoms with van der Waals surface area (Å²) in [6.45, 7) is 3.93. The molecule has 0 saturated heterocycles. The summed E-state index contributed by atoms with van der Waals surface area (Å²) < 4.78 is 26.7. The Hall–Kier alpha value is -1.29. The van der Waals surface area contributed by atoms with Crippen LogP contribution in [-0.4, -0.2) is 8.42 Å². The summed E-state index contributed by atoms with van der Waals surface area (Å²) in [6.07, 6.45) is 4.61. The van der Waals surface area contributed by atoms with Crippen molar-refractivity contribution in [1.82, 2.24) is 4.72 Å². The molecule has 0 atom stereocenters. The fourth-order valence-electron chi connectivity index (χ4n) is 1.45. The van der Waals surface area contributed by atoms with Crippen LogP contribution in [0.4, 0.5) is 0 Å². The second kappa shape index (κ2) is 6.45. The highest BCUT2D eigenvalue weighted by Gasteiger charge is 2.13. The average molecular weight is 253 g/mol. The van der Waals surface area contributed by atoms with Crippen LogP contribution in [0.15, 0.2) is 47.0 Å². The van der Waals surface area contributed by atoms with Gasteiger partial charge in [-0.05, 0) is 31.9 Å². The Morgan fingerprint density at radius 3 is 2.47 bits per heavy atom. The van der Waals surface area contributed by atoms with Crippen molar-refractivity contribution >= 4 is 10.0 Å². The van der Waals surface area contributed by atoms with E-state index in [0.29, 0.717) is 4.90 Å². The van der Waals surface area contributed by atoms with Crippen LogP contribution < -0.4 is 4.72 Å². The third kappa shape index (κ3) is 4.23. The van der Waals surface area contributed by atoms with E-state index < -0.39 is 10.0 Å². The maximum absolute atomic E-state index is 12.0. The third-order valence-corrected chi connectivity index (χ3v) is 3.89. The molecule has 0 heterocycles. The van der Waals surface area contributed by atoms with E-state index in [4.69, 9.17) is 0 Å². The lowest BCUT2D eigenvalue weighted by Gasteiger charge is -2.11. The topological polar surface area (TPSA) is 46.2 Å². The highest BCUT2D eigenvalue weighted by molar-refractivity contribution is 7.89. The number of benzene rings is 1. The van der Waals surface area contributed by atoms with Gasteiger partial charge in [-0.3, -0.25) is 4.72 Å². The van der Waals surface area contributed by atoms with Crippen LogP contribution in [0.1, 0.15) is 33.1 Å². The Kier molecular flexibility index (Phi) is 5.22. The zero-order valence-electron chi connectivity index (χ0n) is 10.3. The van der Waals surface area contributed by atoms with Crippen LogP contribution in [-0.2, 0) is 10.0 Å². The highest BCUT2D eigenvalue weighted by Crippen LogP contribution is 2.12. The molecular formula is C13H19NO2S. The first-order valence-corrected chi connectivity index (χ1v) is 7.31. The minimum absolute atomic E-state index is 0.302. The Balaban J connectivity index is 2.80. The monoisotopic (exact) mass is 253 g/mol. The van der Waals surface area contributed by atoms with E-state index in [9.17, 15) is 8.42 Å². The van der Waals surface area contributed by atoms with Gasteiger partial charge in [0, 0.05) is 5.70 Å². The predicted molar refractivity (Wildman–Crippen MR) is 70.0 cm³/mol. The first kappa shape index (κ1) is 13.8. The number of sulfonamides is 1. The number of hydrogen-bond donors (Lipinski definition) is 1. The Morgan fingerprint density at radius 1 is 1.29 bits per heavy atom. The molecule has 17 heavy (non-hydrogen) atoms. The first-order chi connectivity index (χ1) is 8.10. The molecule has 94 valence electrons. The Morgan fingerprint density at radius 2 is 1.94 bits per heavy atom. The molecule has 0 amide bonds. The van der Waals surface area contributed by atoms with Gasteiger partial charge < -0.3 is 0 Å². The van der Waals surface area contributed by atoms with Gasteiger partial charge in [-0.15, -0.1) is 0 Å². The second-order valence-electron chi connectivity index (χ2n) is 3.84. The van der Waals surface area contributed by atoms with Gasteiger partial charge in [0.1, 0.15) is 0 Å². The van der Waals surface area contributed by atoms with Crippen LogP contribution >= 0.6 is 0 Å². The molecule has 0 spiro atoms. The van der Waals surface area contributed by atoms with E-state index in [1.807, 2.05) is 13.0 Å². The normalized spacial score (nSPS) is 12.5. The molecule has 0 unspecified atom stereocenters. The van der Waals surface area contributed by atoms with Gasteiger partial charge >= 0.3 is 0 Å². The molecule has 0 radical (unpaired) electrons. The van der Waals surface area contributed by atoms with Gasteiger partial charge in [0.15, 0.2) is 0 Å². The van der Waals surface area contributed by atoms with E-state index in [1.165, 1.54) is 0 Å². The van der Waals surface area contributed by atoms with Gasteiger partial charge in [-0.1, -0.05) is 37.6 Å². The van der Waals surface area contributed by atoms with E-state index in [-0.39, 0.29) is 0 Å². The highest BCUT2D eigenvalue weighted by atomic mass is 32.2. The van der Waals surface area contributed by atoms with Crippen LogP contribution in [0, 0.1) is 0 Å². The van der Waals surface area contributed by atoms with Gasteiger partial charge in [0.25, 0.3) is 10.0 Å². The maximum atomic E-state index is 12.0. The van der Waals surface area contributed by atoms with Crippen LogP contribution in [0.25, 0.3) is 0 Å². The molecule has 0 aliphatic rings. The van der Waals surface area contributed by atoms with Gasteiger partial charge in [0.2, 0.25) is 0 Å². The molecule has 3 nitrogen and oxygen atoms in total. The number of allylic oxidation sites excluding steroid dienone is 2. The predicted octanol–water partition coefficient (Wildman–Crippen LogP) is 3.06. The fourth-order valence-corrected chi connectivity index (χ4v) is 2.65. The SMILES string of the molecule is CC=C(CCCC)NS(=O)(=O)c1ccccc1. The number of rotatable bonds is 6. The van der Waals surface area contributed by atoms with Gasteiger partial charge in [-0.2, -0.15) is 0 Å². The minimum atomic E-state index is -3.42. The van der Waals surface area contributed by atoms with Crippen LogP contribution in [0.3, 0.4) is 0 Å². The maximum Gasteiger partial charge on any atom is 0.261 e. The van der Waals surface area contributed by atoms with E-state index >= 15 is 0 Å². The molecule has 4 heteroatoms. The van der Waals surface area contributed by atoms with Crippen molar-refractivity contribution in [3.05, 3.63) is 42.1 Å². The van der Waals surface area contributed by atoms with E-state index in [2.05, 4.69) is 11.6 Å². The molecular weight excluding hydrogens is 234 g/mol. The van der Waals surface area contributed by atoms with E-state index in [1.54, 1.807) is 30.3 Å². The molecule has 0 fully saturated rings. The minimum Gasteiger partial charge on any atom is -0.284 e. The van der Waals surface area contributed by atoms with Gasteiger partial charge in [0.05, 0.1) is 4.90 Å². The molecule has 1 rings (SSSR count). The molecule has 1 aromatic rings. The summed E-state index contributed by atoms with van der Waals surface area (Å²) in [4.78, 5) is 0.302. The summed E-state index contributed by atoms with van der Waals surface area (Å²) in [6, 6.07) is 8.42. The molecule has 1 N–H and O–H groups in total. The zero-order chi connectivity index (χ0) is 12.7. The van der Waals surface area contributed by atoms with Crippen molar-refractivity contribution in [2.75, 3.05) is 0 Å². The molecule has 0 aromatic heterocycles. The van der Waals surface area contributed by atoms with Crippen LogP contribution in [0.5, 0.6) is 0 Å². The summed E-state index contributed by atoms with van der Waals surface area (Å²) in [5.41, 5.74) is 0.760. The van der Waals surface area contributed by atoms with Crippen molar-refractivity contribution in [2.45, 2.75) is 38.0 Å². The summed E-state index contributed by atoms with van der Waals surface area (Å²) in [5, 5.41) is 0. The lowest BCUT2D eigenvalue weighted by Crippen LogP contribution is -2.23. The van der Waals surface area contributed by atoms with Crippen molar-refractivity contribution in [1.29, 1.82) is 0 Å². The van der Waals surface area contributed by atoms with Crippen molar-refractivity contribution < 1.29 is 8.42 Å². The second-order valence-corrected chi connectivity index (χ2v) is 5.52. The van der Waals surface area contributed by atoms with Crippen molar-refractivity contribution in [3.8, 4) is 0 Å². The zero-order valence-corrected chi connectivity index (χ0v) is 11.1. The number of hydrogen-bond acceptors (Lipinski definition) is 2. The molecule has 0 aliphatic carbocycles.